The van der Waals surface area contributed by atoms with Gasteiger partial charge in [0.15, 0.2) is 0 Å². The fraction of sp³-hybridized carbons (Fsp3) is 0.0455. The largest absolute Gasteiger partial charge is 0.465 e. The van der Waals surface area contributed by atoms with Crippen molar-refractivity contribution in [2.75, 3.05) is 12.4 Å². The van der Waals surface area contributed by atoms with Crippen molar-refractivity contribution in [2.24, 2.45) is 0 Å². The monoisotopic (exact) mass is 440 g/mol. The van der Waals surface area contributed by atoms with Gasteiger partial charge in [0.2, 0.25) is 0 Å². The van der Waals surface area contributed by atoms with Crippen LogP contribution in [0.4, 0.5) is 5.69 Å². The molecule has 1 N–H and O–H groups in total. The van der Waals surface area contributed by atoms with Gasteiger partial charge in [0, 0.05) is 16.7 Å². The summed E-state index contributed by atoms with van der Waals surface area (Å²) in [6.07, 6.45) is 1.29. The van der Waals surface area contributed by atoms with Crippen molar-refractivity contribution < 1.29 is 18.7 Å². The number of anilines is 1. The van der Waals surface area contributed by atoms with Crippen LogP contribution in [0.15, 0.2) is 64.6 Å². The molecule has 0 unspecified atom stereocenters. The molecule has 0 atom stereocenters. The van der Waals surface area contributed by atoms with Crippen LogP contribution in [0, 0.1) is 11.3 Å². The van der Waals surface area contributed by atoms with Crippen molar-refractivity contribution >= 4 is 46.8 Å². The number of hydrogen-bond acceptors (Lipinski definition) is 5. The number of nitrogens with one attached hydrogen (secondary N) is 1. The number of ether oxygens (including phenoxy) is 1. The number of furan rings is 1. The van der Waals surface area contributed by atoms with Crippen molar-refractivity contribution in [2.45, 2.75) is 0 Å². The van der Waals surface area contributed by atoms with Gasteiger partial charge in [-0.3, -0.25) is 4.79 Å². The predicted molar refractivity (Wildman–Crippen MR) is 114 cm³/mol. The maximum absolute atomic E-state index is 12.6. The molecule has 150 valence electrons. The number of amides is 1. The lowest BCUT2D eigenvalue weighted by atomic mass is 10.1. The Morgan fingerprint density at radius 3 is 2.63 bits per heavy atom. The lowest BCUT2D eigenvalue weighted by Crippen LogP contribution is -2.16. The molecule has 0 spiro atoms. The van der Waals surface area contributed by atoms with Crippen LogP contribution in [0.5, 0.6) is 0 Å². The fourth-order valence-corrected chi connectivity index (χ4v) is 3.00. The molecule has 2 aromatic carbocycles. The van der Waals surface area contributed by atoms with E-state index in [1.165, 1.54) is 25.3 Å². The zero-order chi connectivity index (χ0) is 21.7. The summed E-state index contributed by atoms with van der Waals surface area (Å²) in [5.74, 6) is -0.605. The van der Waals surface area contributed by atoms with Crippen LogP contribution in [-0.4, -0.2) is 19.0 Å². The van der Waals surface area contributed by atoms with Gasteiger partial charge >= 0.3 is 5.97 Å². The quantitative estimate of drug-likeness (QED) is 0.317. The van der Waals surface area contributed by atoms with E-state index in [-0.39, 0.29) is 22.6 Å². The van der Waals surface area contributed by atoms with Gasteiger partial charge in [-0.15, -0.1) is 0 Å². The second-order valence-electron chi connectivity index (χ2n) is 5.99. The minimum Gasteiger partial charge on any atom is -0.465 e. The summed E-state index contributed by atoms with van der Waals surface area (Å²) >= 11 is 12.2. The maximum atomic E-state index is 12.6. The smallest absolute Gasteiger partial charge is 0.339 e. The average molecular weight is 441 g/mol. The summed E-state index contributed by atoms with van der Waals surface area (Å²) < 4.78 is 10.4. The van der Waals surface area contributed by atoms with Gasteiger partial charge in [-0.2, -0.15) is 5.26 Å². The van der Waals surface area contributed by atoms with Gasteiger partial charge in [0.1, 0.15) is 23.2 Å². The molecule has 0 bridgehead atoms. The molecule has 0 aliphatic heterocycles. The van der Waals surface area contributed by atoms with Gasteiger partial charge in [-0.05, 0) is 42.5 Å². The summed E-state index contributed by atoms with van der Waals surface area (Å²) in [6, 6.07) is 16.3. The molecular formula is C22H14Cl2N2O4. The van der Waals surface area contributed by atoms with Gasteiger partial charge in [-0.1, -0.05) is 35.3 Å². The first-order chi connectivity index (χ1) is 14.4. The van der Waals surface area contributed by atoms with E-state index < -0.39 is 11.9 Å². The van der Waals surface area contributed by atoms with E-state index in [0.717, 1.165) is 0 Å². The molecular weight excluding hydrogens is 427 g/mol. The second kappa shape index (κ2) is 9.31. The summed E-state index contributed by atoms with van der Waals surface area (Å²) in [7, 11) is 1.24. The molecule has 0 aliphatic rings. The van der Waals surface area contributed by atoms with Gasteiger partial charge in [-0.25, -0.2) is 4.79 Å². The number of nitriles is 1. The Bertz CT molecular complexity index is 1190. The molecule has 0 fully saturated rings. The highest BCUT2D eigenvalue weighted by atomic mass is 35.5. The topological polar surface area (TPSA) is 92.3 Å². The molecule has 6 nitrogen and oxygen atoms in total. The molecule has 1 aromatic heterocycles. The Morgan fingerprint density at radius 2 is 1.90 bits per heavy atom. The van der Waals surface area contributed by atoms with Crippen molar-refractivity contribution in [3.05, 3.63) is 81.5 Å². The molecule has 0 aliphatic carbocycles. The van der Waals surface area contributed by atoms with E-state index in [1.54, 1.807) is 42.5 Å². The Kier molecular flexibility index (Phi) is 6.58. The SMILES string of the molecule is COC(=O)c1ccccc1NC(=O)/C(C#N)=C/c1ccc(-c2cc(Cl)ccc2Cl)o1. The van der Waals surface area contributed by atoms with Crippen LogP contribution < -0.4 is 5.32 Å². The van der Waals surface area contributed by atoms with E-state index in [2.05, 4.69) is 5.32 Å². The number of halogens is 2. The van der Waals surface area contributed by atoms with E-state index in [9.17, 15) is 14.9 Å². The average Bonchev–Trinajstić information content (AvgIpc) is 3.21. The van der Waals surface area contributed by atoms with E-state index in [4.69, 9.17) is 32.4 Å². The summed E-state index contributed by atoms with van der Waals surface area (Å²) in [5, 5.41) is 12.9. The molecule has 1 amide bonds. The normalized spacial score (nSPS) is 10.9. The minimum absolute atomic E-state index is 0.168. The van der Waals surface area contributed by atoms with Crippen LogP contribution in [0.2, 0.25) is 10.0 Å². The highest BCUT2D eigenvalue weighted by Crippen LogP contribution is 2.32. The Morgan fingerprint density at radius 1 is 1.13 bits per heavy atom. The number of rotatable bonds is 5. The van der Waals surface area contributed by atoms with Crippen LogP contribution in [0.3, 0.4) is 0 Å². The summed E-state index contributed by atoms with van der Waals surface area (Å²) in [4.78, 5) is 24.4. The zero-order valence-electron chi connectivity index (χ0n) is 15.6. The summed E-state index contributed by atoms with van der Waals surface area (Å²) in [6.45, 7) is 0. The number of carbonyl (C=O) groups excluding carboxylic acids is 2. The van der Waals surface area contributed by atoms with E-state index in [0.29, 0.717) is 21.4 Å². The first-order valence-corrected chi connectivity index (χ1v) is 9.34. The van der Waals surface area contributed by atoms with E-state index in [1.807, 2.05) is 6.07 Å². The number of esters is 1. The van der Waals surface area contributed by atoms with Gasteiger partial charge in [0.05, 0.1) is 23.4 Å². The number of benzene rings is 2. The highest BCUT2D eigenvalue weighted by molar-refractivity contribution is 6.35. The molecule has 8 heteroatoms. The summed E-state index contributed by atoms with van der Waals surface area (Å²) in [5.41, 5.74) is 0.759. The zero-order valence-corrected chi connectivity index (χ0v) is 17.1. The first kappa shape index (κ1) is 21.2. The van der Waals surface area contributed by atoms with Crippen molar-refractivity contribution in [1.29, 1.82) is 5.26 Å². The number of methoxy groups -OCH3 is 1. The van der Waals surface area contributed by atoms with Crippen molar-refractivity contribution in [1.82, 2.24) is 0 Å². The number of carbonyl (C=O) groups is 2. The van der Waals surface area contributed by atoms with Gasteiger partial charge < -0.3 is 14.5 Å². The number of nitrogens with zero attached hydrogens (tertiary/aromatic N) is 1. The lowest BCUT2D eigenvalue weighted by Gasteiger charge is -2.08. The van der Waals surface area contributed by atoms with Crippen LogP contribution >= 0.6 is 23.2 Å². The molecule has 0 radical (unpaired) electrons. The third-order valence-corrected chi connectivity index (χ3v) is 4.62. The van der Waals surface area contributed by atoms with Crippen molar-refractivity contribution in [3.8, 4) is 17.4 Å². The van der Waals surface area contributed by atoms with Crippen LogP contribution in [-0.2, 0) is 9.53 Å². The van der Waals surface area contributed by atoms with Crippen LogP contribution in [0.25, 0.3) is 17.4 Å². The van der Waals surface area contributed by atoms with E-state index >= 15 is 0 Å². The fourth-order valence-electron chi connectivity index (χ4n) is 2.62. The number of hydrogen-bond donors (Lipinski definition) is 1. The molecule has 1 heterocycles. The molecule has 3 rings (SSSR count). The van der Waals surface area contributed by atoms with Crippen LogP contribution in [0.1, 0.15) is 16.1 Å². The third kappa shape index (κ3) is 4.71. The Hall–Kier alpha value is -3.53. The molecule has 30 heavy (non-hydrogen) atoms. The first-order valence-electron chi connectivity index (χ1n) is 8.58. The highest BCUT2D eigenvalue weighted by Gasteiger charge is 2.17. The minimum atomic E-state index is -0.701. The maximum Gasteiger partial charge on any atom is 0.339 e. The Labute approximate surface area is 182 Å². The predicted octanol–water partition coefficient (Wildman–Crippen LogP) is 5.59. The Balaban J connectivity index is 1.86. The van der Waals surface area contributed by atoms with Crippen molar-refractivity contribution in [3.63, 3.8) is 0 Å². The lowest BCUT2D eigenvalue weighted by molar-refractivity contribution is -0.112. The second-order valence-corrected chi connectivity index (χ2v) is 6.83. The molecule has 0 saturated heterocycles. The number of para-hydroxylation sites is 1. The molecule has 3 aromatic rings. The van der Waals surface area contributed by atoms with Gasteiger partial charge in [0.25, 0.3) is 5.91 Å². The molecule has 0 saturated carbocycles. The standard InChI is InChI=1S/C22H14Cl2N2O4/c1-29-22(28)16-4-2-3-5-19(16)26-21(27)13(12-25)10-15-7-9-20(30-15)17-11-14(23)6-8-18(17)24/h2-11H,1H3,(H,26,27)/b13-10+. The third-order valence-electron chi connectivity index (χ3n) is 4.05.